The van der Waals surface area contributed by atoms with Gasteiger partial charge in [0.2, 0.25) is 5.69 Å². The quantitative estimate of drug-likeness (QED) is 0.129. The number of nitrogens with zero attached hydrogens (tertiary/aromatic N) is 2. The van der Waals surface area contributed by atoms with E-state index in [4.69, 9.17) is 0 Å². The molecule has 0 saturated carbocycles. The maximum atomic E-state index is 14.0. The van der Waals surface area contributed by atoms with Crippen LogP contribution in [0.25, 0.3) is 10.8 Å². The first-order valence-electron chi connectivity index (χ1n) is 16.1. The molecule has 0 N–H and O–H groups in total. The predicted molar refractivity (Wildman–Crippen MR) is 183 cm³/mol. The summed E-state index contributed by atoms with van der Waals surface area (Å²) in [4.78, 5) is 1.55. The zero-order valence-electron chi connectivity index (χ0n) is 26.9. The molecule has 2 aliphatic heterocycles. The molecule has 0 bridgehead atoms. The second-order valence-corrected chi connectivity index (χ2v) is 13.0. The molecule has 0 aliphatic carbocycles. The first-order chi connectivity index (χ1) is 23.3. The Bertz CT molecular complexity index is 2120. The molecule has 0 saturated heterocycles. The van der Waals surface area contributed by atoms with E-state index in [1.165, 1.54) is 11.1 Å². The lowest BCUT2D eigenvalue weighted by Crippen LogP contribution is -2.28. The Balaban J connectivity index is 1.36. The van der Waals surface area contributed by atoms with Crippen LogP contribution >= 0.6 is 0 Å². The van der Waals surface area contributed by atoms with Crippen molar-refractivity contribution < 1.29 is 30.9 Å². The second kappa shape index (κ2) is 12.1. The van der Waals surface area contributed by atoms with Crippen molar-refractivity contribution in [2.75, 3.05) is 11.4 Å². The smallest absolute Gasteiger partial charge is 0.313 e. The maximum Gasteiger partial charge on any atom is 0.416 e. The molecule has 0 aromatic heterocycles. The van der Waals surface area contributed by atoms with Gasteiger partial charge in [0.1, 0.15) is 0 Å². The Labute approximate surface area is 280 Å². The van der Waals surface area contributed by atoms with Crippen molar-refractivity contribution in [3.63, 3.8) is 0 Å². The highest BCUT2D eigenvalue weighted by Crippen LogP contribution is 2.48. The predicted octanol–water partition coefficient (Wildman–Crippen LogP) is 11.3. The molecule has 7 rings (SSSR count). The van der Waals surface area contributed by atoms with Crippen LogP contribution in [-0.4, -0.2) is 16.8 Å². The van der Waals surface area contributed by atoms with E-state index in [0.29, 0.717) is 17.8 Å². The van der Waals surface area contributed by atoms with E-state index in [1.54, 1.807) is 4.90 Å². The van der Waals surface area contributed by atoms with Gasteiger partial charge in [-0.3, -0.25) is 0 Å². The summed E-state index contributed by atoms with van der Waals surface area (Å²) >= 11 is 0. The van der Waals surface area contributed by atoms with Crippen LogP contribution in [0.5, 0.6) is 0 Å². The minimum absolute atomic E-state index is 0.174. The Kier molecular flexibility index (Phi) is 8.01. The summed E-state index contributed by atoms with van der Waals surface area (Å²) in [5.74, 6) is 0. The highest BCUT2D eigenvalue weighted by molar-refractivity contribution is 6.03. The third-order valence-electron chi connectivity index (χ3n) is 9.51. The standard InChI is InChI=1S/C41H33F6N2/c1-39(2)35-16-8-9-17-36(35)48(22-21-27-11-4-3-5-12-27)37(39)18-10-14-32-23-29-20-19-28-13-6-7-15-34(28)38(29)49(32)33-25-30(40(42,43)44)24-31(26-33)41(45,46)47/h3-20,24-26H,21-23H2,1-2H3/q+1. The summed E-state index contributed by atoms with van der Waals surface area (Å²) in [6.45, 7) is 5.05. The normalized spacial score (nSPS) is 16.7. The van der Waals surface area contributed by atoms with Gasteiger partial charge >= 0.3 is 12.4 Å². The van der Waals surface area contributed by atoms with Gasteiger partial charge in [-0.05, 0) is 54.6 Å². The number of benzene rings is 5. The summed E-state index contributed by atoms with van der Waals surface area (Å²) in [5, 5.41) is 1.58. The van der Waals surface area contributed by atoms with Crippen molar-refractivity contribution in [1.29, 1.82) is 0 Å². The zero-order chi connectivity index (χ0) is 34.6. The Morgan fingerprint density at radius 1 is 0.755 bits per heavy atom. The van der Waals surface area contributed by atoms with Crippen LogP contribution in [0.4, 0.5) is 43.4 Å². The summed E-state index contributed by atoms with van der Waals surface area (Å²) in [6, 6.07) is 31.5. The van der Waals surface area contributed by atoms with Crippen molar-refractivity contribution in [1.82, 2.24) is 0 Å². The van der Waals surface area contributed by atoms with Crippen LogP contribution in [0.2, 0.25) is 0 Å². The summed E-state index contributed by atoms with van der Waals surface area (Å²) in [6.07, 6.45) is -3.09. The SMILES string of the molecule is CC1(C)C(C=CC=C2Cc3ccc4ccccc4c3N2c2cc(C(F)(F)F)cc(C(F)(F)F)c2)=[N+](CCc2ccccc2)c2ccccc21. The van der Waals surface area contributed by atoms with Crippen molar-refractivity contribution in [2.45, 2.75) is 44.5 Å². The number of fused-ring (bicyclic) bond motifs is 4. The van der Waals surface area contributed by atoms with Gasteiger partial charge in [-0.25, -0.2) is 0 Å². The molecule has 0 atom stereocenters. The maximum absolute atomic E-state index is 14.0. The van der Waals surface area contributed by atoms with Crippen molar-refractivity contribution in [3.8, 4) is 0 Å². The molecular formula is C41H33F6N2+. The van der Waals surface area contributed by atoms with Gasteiger partial charge in [0, 0.05) is 47.3 Å². The topological polar surface area (TPSA) is 6.25 Å². The van der Waals surface area contributed by atoms with Gasteiger partial charge in [0.15, 0.2) is 12.3 Å². The minimum Gasteiger partial charge on any atom is -0.313 e. The van der Waals surface area contributed by atoms with Crippen LogP contribution < -0.4 is 4.90 Å². The van der Waals surface area contributed by atoms with Crippen LogP contribution in [-0.2, 0) is 30.6 Å². The lowest BCUT2D eigenvalue weighted by Gasteiger charge is -2.25. The van der Waals surface area contributed by atoms with Gasteiger partial charge in [0.25, 0.3) is 0 Å². The molecule has 0 radical (unpaired) electrons. The third kappa shape index (κ3) is 6.05. The number of hydrogen-bond acceptors (Lipinski definition) is 1. The molecule has 0 spiro atoms. The largest absolute Gasteiger partial charge is 0.416 e. The average Bonchev–Trinajstić information content (AvgIpc) is 3.55. The van der Waals surface area contributed by atoms with E-state index < -0.39 is 23.5 Å². The molecule has 0 unspecified atom stereocenters. The number of allylic oxidation sites excluding steroid dienone is 4. The molecule has 8 heteroatoms. The second-order valence-electron chi connectivity index (χ2n) is 13.0. The molecule has 5 aromatic carbocycles. The van der Waals surface area contributed by atoms with Crippen molar-refractivity contribution in [3.05, 3.63) is 161 Å². The molecular weight excluding hydrogens is 634 g/mol. The number of rotatable bonds is 6. The first-order valence-corrected chi connectivity index (χ1v) is 16.1. The van der Waals surface area contributed by atoms with Crippen LogP contribution in [0.1, 0.15) is 41.7 Å². The fourth-order valence-electron chi connectivity index (χ4n) is 7.14. The molecule has 0 amide bonds. The molecule has 2 nitrogen and oxygen atoms in total. The first kappa shape index (κ1) is 32.4. The van der Waals surface area contributed by atoms with Crippen molar-refractivity contribution >= 4 is 33.5 Å². The Morgan fingerprint density at radius 2 is 1.41 bits per heavy atom. The van der Waals surface area contributed by atoms with Gasteiger partial charge in [-0.1, -0.05) is 91.0 Å². The van der Waals surface area contributed by atoms with Crippen LogP contribution in [0, 0.1) is 0 Å². The highest BCUT2D eigenvalue weighted by atomic mass is 19.4. The van der Waals surface area contributed by atoms with Gasteiger partial charge in [0.05, 0.1) is 22.2 Å². The lowest BCUT2D eigenvalue weighted by molar-refractivity contribution is -0.436. The Hall–Kier alpha value is -5.11. The molecule has 248 valence electrons. The van der Waals surface area contributed by atoms with E-state index in [2.05, 4.69) is 42.7 Å². The highest BCUT2D eigenvalue weighted by Gasteiger charge is 2.44. The number of halogens is 6. The number of alkyl halides is 6. The zero-order valence-corrected chi connectivity index (χ0v) is 26.9. The molecule has 49 heavy (non-hydrogen) atoms. The van der Waals surface area contributed by atoms with Crippen molar-refractivity contribution in [2.24, 2.45) is 0 Å². The number of anilines is 2. The van der Waals surface area contributed by atoms with E-state index in [-0.39, 0.29) is 17.2 Å². The molecule has 2 aliphatic rings. The molecule has 2 heterocycles. The Morgan fingerprint density at radius 3 is 2.12 bits per heavy atom. The fourth-order valence-corrected chi connectivity index (χ4v) is 7.14. The average molecular weight is 668 g/mol. The van der Waals surface area contributed by atoms with Gasteiger partial charge in [-0.2, -0.15) is 30.9 Å². The minimum atomic E-state index is -4.97. The van der Waals surface area contributed by atoms with E-state index >= 15 is 0 Å². The summed E-state index contributed by atoms with van der Waals surface area (Å²) in [7, 11) is 0. The number of hydrogen-bond donors (Lipinski definition) is 0. The van der Waals surface area contributed by atoms with E-state index in [0.717, 1.165) is 52.8 Å². The van der Waals surface area contributed by atoms with Crippen LogP contribution in [0.3, 0.4) is 0 Å². The summed E-state index contributed by atoms with van der Waals surface area (Å²) < 4.78 is 86.4. The van der Waals surface area contributed by atoms with Gasteiger partial charge in [-0.15, -0.1) is 0 Å². The summed E-state index contributed by atoms with van der Waals surface area (Å²) in [5.41, 5.74) is 3.27. The molecule has 0 fully saturated rings. The molecule has 5 aromatic rings. The lowest BCUT2D eigenvalue weighted by atomic mass is 9.81. The monoisotopic (exact) mass is 667 g/mol. The third-order valence-corrected chi connectivity index (χ3v) is 9.51. The van der Waals surface area contributed by atoms with E-state index in [1.807, 2.05) is 85.0 Å². The fraction of sp³-hybridized carbons (Fsp3) is 0.195. The van der Waals surface area contributed by atoms with E-state index in [9.17, 15) is 26.3 Å². The number of para-hydroxylation sites is 1. The van der Waals surface area contributed by atoms with Crippen LogP contribution in [0.15, 0.2) is 133 Å². The van der Waals surface area contributed by atoms with Gasteiger partial charge < -0.3 is 4.90 Å².